The molecule has 0 aromatic carbocycles. The lowest BCUT2D eigenvalue weighted by Gasteiger charge is -2.32. The molecule has 2 heteroatoms. The zero-order valence-corrected chi connectivity index (χ0v) is 8.51. The van der Waals surface area contributed by atoms with E-state index in [9.17, 15) is 4.79 Å². The Morgan fingerprint density at radius 3 is 2.46 bits per heavy atom. The van der Waals surface area contributed by atoms with E-state index in [1.165, 1.54) is 0 Å². The van der Waals surface area contributed by atoms with Crippen molar-refractivity contribution in [3.8, 4) is 0 Å². The monoisotopic (exact) mass is 182 g/mol. The molecule has 0 saturated carbocycles. The number of carbonyl (C=O) groups excluding carboxylic acids is 1. The van der Waals surface area contributed by atoms with Gasteiger partial charge in [-0.15, -0.1) is 0 Å². The van der Waals surface area contributed by atoms with Gasteiger partial charge in [-0.2, -0.15) is 0 Å². The molecule has 1 rings (SSSR count). The van der Waals surface area contributed by atoms with Gasteiger partial charge in [-0.05, 0) is 18.9 Å². The zero-order chi connectivity index (χ0) is 9.73. The number of carbonyl (C=O) groups is 1. The summed E-state index contributed by atoms with van der Waals surface area (Å²) >= 11 is 0. The summed E-state index contributed by atoms with van der Waals surface area (Å²) < 4.78 is 5.43. The summed E-state index contributed by atoms with van der Waals surface area (Å²) in [5.74, 6) is -0.0793. The highest BCUT2D eigenvalue weighted by atomic mass is 16.6. The van der Waals surface area contributed by atoms with Gasteiger partial charge in [0.25, 0.3) is 0 Å². The quantitative estimate of drug-likeness (QED) is 0.493. The third-order valence-corrected chi connectivity index (χ3v) is 2.37. The van der Waals surface area contributed by atoms with Crippen molar-refractivity contribution in [2.45, 2.75) is 51.6 Å². The fraction of sp³-hybridized carbons (Fsp3) is 0.727. The van der Waals surface area contributed by atoms with Crippen LogP contribution in [0.1, 0.15) is 46.0 Å². The van der Waals surface area contributed by atoms with Crippen molar-refractivity contribution in [2.24, 2.45) is 0 Å². The lowest BCUT2D eigenvalue weighted by Crippen LogP contribution is -2.35. The minimum atomic E-state index is -0.279. The molecule has 0 amide bonds. The number of hydrogen-bond acceptors (Lipinski definition) is 2. The second-order valence-corrected chi connectivity index (χ2v) is 3.65. The standard InChI is InChI=1S/C11H18O2/c1-3-7-11(8-4-2)9-5-6-10(12)13-11/h5,9H,3-4,6-8H2,1-2H3. The number of rotatable bonds is 4. The molecule has 0 spiro atoms. The van der Waals surface area contributed by atoms with E-state index in [0.717, 1.165) is 25.7 Å². The Bertz CT molecular complexity index is 200. The average molecular weight is 182 g/mol. The highest BCUT2D eigenvalue weighted by Gasteiger charge is 2.31. The first-order valence-corrected chi connectivity index (χ1v) is 5.12. The molecule has 0 radical (unpaired) electrons. The van der Waals surface area contributed by atoms with Crippen LogP contribution in [0.5, 0.6) is 0 Å². The SMILES string of the molecule is CCCC1(CCC)C=CCC(=O)O1. The topological polar surface area (TPSA) is 26.3 Å². The average Bonchev–Trinajstić information content (AvgIpc) is 2.04. The first-order valence-electron chi connectivity index (χ1n) is 5.12. The lowest BCUT2D eigenvalue weighted by molar-refractivity contribution is -0.157. The van der Waals surface area contributed by atoms with Crippen molar-refractivity contribution >= 4 is 5.97 Å². The van der Waals surface area contributed by atoms with Crippen LogP contribution >= 0.6 is 0 Å². The van der Waals surface area contributed by atoms with Crippen molar-refractivity contribution in [3.05, 3.63) is 12.2 Å². The molecule has 0 N–H and O–H groups in total. The molecule has 1 aliphatic rings. The molecule has 0 bridgehead atoms. The second-order valence-electron chi connectivity index (χ2n) is 3.65. The van der Waals surface area contributed by atoms with Gasteiger partial charge in [0, 0.05) is 0 Å². The van der Waals surface area contributed by atoms with Gasteiger partial charge >= 0.3 is 5.97 Å². The molecule has 0 saturated heterocycles. The maximum absolute atomic E-state index is 11.2. The highest BCUT2D eigenvalue weighted by Crippen LogP contribution is 2.29. The zero-order valence-electron chi connectivity index (χ0n) is 8.51. The Balaban J connectivity index is 2.70. The fourth-order valence-electron chi connectivity index (χ4n) is 1.91. The molecule has 0 aromatic heterocycles. The largest absolute Gasteiger partial charge is 0.455 e. The smallest absolute Gasteiger partial charge is 0.310 e. The molecule has 0 unspecified atom stereocenters. The van der Waals surface area contributed by atoms with Gasteiger partial charge in [-0.25, -0.2) is 0 Å². The lowest BCUT2D eigenvalue weighted by atomic mass is 9.90. The van der Waals surface area contributed by atoms with Crippen LogP contribution in [0.3, 0.4) is 0 Å². The number of cyclic esters (lactones) is 1. The van der Waals surface area contributed by atoms with Crippen LogP contribution in [0.25, 0.3) is 0 Å². The molecule has 74 valence electrons. The van der Waals surface area contributed by atoms with Crippen molar-refractivity contribution in [1.82, 2.24) is 0 Å². The summed E-state index contributed by atoms with van der Waals surface area (Å²) in [5, 5.41) is 0. The third-order valence-electron chi connectivity index (χ3n) is 2.37. The van der Waals surface area contributed by atoms with E-state index >= 15 is 0 Å². The summed E-state index contributed by atoms with van der Waals surface area (Å²) in [5.41, 5.74) is -0.279. The number of hydrogen-bond donors (Lipinski definition) is 0. The Morgan fingerprint density at radius 2 is 2.00 bits per heavy atom. The Hall–Kier alpha value is -0.790. The molecule has 0 aliphatic carbocycles. The van der Waals surface area contributed by atoms with Gasteiger partial charge in [0.2, 0.25) is 0 Å². The molecule has 1 heterocycles. The van der Waals surface area contributed by atoms with Crippen LogP contribution in [0.2, 0.25) is 0 Å². The van der Waals surface area contributed by atoms with Crippen molar-refractivity contribution in [3.63, 3.8) is 0 Å². The van der Waals surface area contributed by atoms with E-state index in [0.29, 0.717) is 6.42 Å². The van der Waals surface area contributed by atoms with Crippen molar-refractivity contribution < 1.29 is 9.53 Å². The molecule has 2 nitrogen and oxygen atoms in total. The van der Waals surface area contributed by atoms with E-state index in [1.807, 2.05) is 6.08 Å². The highest BCUT2D eigenvalue weighted by molar-refractivity contribution is 5.73. The third kappa shape index (κ3) is 2.58. The maximum atomic E-state index is 11.2. The van der Waals surface area contributed by atoms with Crippen molar-refractivity contribution in [1.29, 1.82) is 0 Å². The predicted octanol–water partition coefficient (Wildman–Crippen LogP) is 2.83. The van der Waals surface area contributed by atoms with Gasteiger partial charge in [-0.1, -0.05) is 32.8 Å². The summed E-state index contributed by atoms with van der Waals surface area (Å²) in [6, 6.07) is 0. The molecule has 13 heavy (non-hydrogen) atoms. The van der Waals surface area contributed by atoms with Crippen LogP contribution in [-0.2, 0) is 9.53 Å². The Labute approximate surface area is 80.0 Å². The van der Waals surface area contributed by atoms with Gasteiger partial charge < -0.3 is 4.74 Å². The van der Waals surface area contributed by atoms with Crippen LogP contribution in [0, 0.1) is 0 Å². The normalized spacial score (nSPS) is 20.0. The summed E-state index contributed by atoms with van der Waals surface area (Å²) in [7, 11) is 0. The minimum Gasteiger partial charge on any atom is -0.455 e. The first-order chi connectivity index (χ1) is 6.22. The molecule has 1 aliphatic heterocycles. The molecule has 0 atom stereocenters. The molecular formula is C11H18O2. The van der Waals surface area contributed by atoms with E-state index in [2.05, 4.69) is 19.9 Å². The Morgan fingerprint density at radius 1 is 1.38 bits per heavy atom. The van der Waals surface area contributed by atoms with Gasteiger partial charge in [-0.3, -0.25) is 4.79 Å². The van der Waals surface area contributed by atoms with E-state index in [1.54, 1.807) is 0 Å². The molecule has 0 fully saturated rings. The first kappa shape index (κ1) is 10.3. The van der Waals surface area contributed by atoms with Crippen molar-refractivity contribution in [2.75, 3.05) is 0 Å². The van der Waals surface area contributed by atoms with E-state index in [4.69, 9.17) is 4.74 Å². The Kier molecular flexibility index (Phi) is 3.52. The fourth-order valence-corrected chi connectivity index (χ4v) is 1.91. The van der Waals surface area contributed by atoms with Gasteiger partial charge in [0.1, 0.15) is 5.60 Å². The minimum absolute atomic E-state index is 0.0793. The van der Waals surface area contributed by atoms with Crippen LogP contribution in [-0.4, -0.2) is 11.6 Å². The van der Waals surface area contributed by atoms with E-state index < -0.39 is 0 Å². The predicted molar refractivity (Wildman–Crippen MR) is 52.4 cm³/mol. The summed E-state index contributed by atoms with van der Waals surface area (Å²) in [6.45, 7) is 4.24. The van der Waals surface area contributed by atoms with E-state index in [-0.39, 0.29) is 11.6 Å². The van der Waals surface area contributed by atoms with Gasteiger partial charge in [0.05, 0.1) is 6.42 Å². The summed E-state index contributed by atoms with van der Waals surface area (Å²) in [4.78, 5) is 11.2. The summed E-state index contributed by atoms with van der Waals surface area (Å²) in [6.07, 6.45) is 8.45. The molecule has 0 aromatic rings. The van der Waals surface area contributed by atoms with Crippen LogP contribution in [0.15, 0.2) is 12.2 Å². The van der Waals surface area contributed by atoms with Crippen LogP contribution < -0.4 is 0 Å². The second kappa shape index (κ2) is 4.45. The number of esters is 1. The maximum Gasteiger partial charge on any atom is 0.310 e. The van der Waals surface area contributed by atoms with Gasteiger partial charge in [0.15, 0.2) is 0 Å². The number of ether oxygens (including phenoxy) is 1. The van der Waals surface area contributed by atoms with Crippen LogP contribution in [0.4, 0.5) is 0 Å². The molecular weight excluding hydrogens is 164 g/mol.